The number of halogens is 1. The van der Waals surface area contributed by atoms with Gasteiger partial charge >= 0.3 is 0 Å². The normalized spacial score (nSPS) is 13.9. The first-order valence-corrected chi connectivity index (χ1v) is 11.5. The van der Waals surface area contributed by atoms with Crippen LogP contribution in [0.25, 0.3) is 11.0 Å². The smallest absolute Gasteiger partial charge is 0.203 e. The van der Waals surface area contributed by atoms with E-state index in [0.29, 0.717) is 24.3 Å². The number of benzene rings is 3. The van der Waals surface area contributed by atoms with Crippen molar-refractivity contribution in [1.29, 1.82) is 5.41 Å². The predicted molar refractivity (Wildman–Crippen MR) is 140 cm³/mol. The van der Waals surface area contributed by atoms with Crippen LogP contribution in [-0.2, 0) is 24.9 Å². The van der Waals surface area contributed by atoms with Crippen LogP contribution >= 0.6 is 17.0 Å². The van der Waals surface area contributed by atoms with Crippen molar-refractivity contribution < 1.29 is 9.53 Å². The molecule has 5 rings (SSSR count). The summed E-state index contributed by atoms with van der Waals surface area (Å²) in [5.41, 5.74) is 6.05. The fourth-order valence-electron chi connectivity index (χ4n) is 4.73. The van der Waals surface area contributed by atoms with E-state index in [4.69, 9.17) is 10.1 Å². The molecule has 3 aromatic carbocycles. The monoisotopic (exact) mass is 519 g/mol. The summed E-state index contributed by atoms with van der Waals surface area (Å²) in [6, 6.07) is 22.0. The van der Waals surface area contributed by atoms with E-state index in [1.807, 2.05) is 63.7 Å². The summed E-state index contributed by atoms with van der Waals surface area (Å²) in [6.07, 6.45) is 0.812. The number of aromatic nitrogens is 2. The third-order valence-corrected chi connectivity index (χ3v) is 6.64. The zero-order valence-corrected chi connectivity index (χ0v) is 21.5. The highest BCUT2D eigenvalue weighted by Crippen LogP contribution is 2.41. The van der Waals surface area contributed by atoms with Crippen molar-refractivity contribution in [2.24, 2.45) is 0 Å². The highest BCUT2D eigenvalue weighted by Gasteiger charge is 2.34. The van der Waals surface area contributed by atoms with Gasteiger partial charge in [0.1, 0.15) is 5.75 Å². The third-order valence-electron chi connectivity index (χ3n) is 6.64. The van der Waals surface area contributed by atoms with Gasteiger partial charge in [-0.05, 0) is 41.8 Å². The molecule has 0 unspecified atom stereocenters. The Morgan fingerprint density at radius 2 is 1.65 bits per heavy atom. The van der Waals surface area contributed by atoms with Crippen LogP contribution in [0.5, 0.6) is 5.75 Å². The zero-order valence-electron chi connectivity index (χ0n) is 19.8. The molecule has 176 valence electrons. The topological polar surface area (TPSA) is 60.0 Å². The van der Waals surface area contributed by atoms with Crippen molar-refractivity contribution in [1.82, 2.24) is 9.13 Å². The van der Waals surface area contributed by atoms with Crippen molar-refractivity contribution in [3.8, 4) is 5.75 Å². The number of rotatable bonds is 6. The molecule has 0 aliphatic carbocycles. The Hall–Kier alpha value is -3.12. The molecule has 0 bridgehead atoms. The first kappa shape index (κ1) is 24.0. The van der Waals surface area contributed by atoms with Crippen LogP contribution in [0.3, 0.4) is 0 Å². The maximum atomic E-state index is 13.5. The molecule has 0 saturated carbocycles. The Balaban J connectivity index is 0.00000274. The van der Waals surface area contributed by atoms with Crippen LogP contribution in [0.2, 0.25) is 0 Å². The fraction of sp³-hybridized carbons (Fsp3) is 0.286. The summed E-state index contributed by atoms with van der Waals surface area (Å²) in [6.45, 7) is 7.74. The van der Waals surface area contributed by atoms with Crippen LogP contribution in [0.4, 0.5) is 0 Å². The Bertz CT molecular complexity index is 1420. The molecule has 1 aliphatic rings. The molecule has 4 aromatic rings. The number of carbonyl (C=O) groups excluding carboxylic acids is 1. The lowest BCUT2D eigenvalue weighted by molar-refractivity contribution is 0.0971. The quantitative estimate of drug-likeness (QED) is 0.334. The lowest BCUT2D eigenvalue weighted by atomic mass is 9.84. The highest BCUT2D eigenvalue weighted by atomic mass is 79.9. The number of nitrogens with zero attached hydrogens (tertiary/aromatic N) is 2. The number of nitrogens with one attached hydrogen (secondary N) is 1. The zero-order chi connectivity index (χ0) is 23.2. The van der Waals surface area contributed by atoms with Gasteiger partial charge in [-0.15, -0.1) is 17.0 Å². The maximum Gasteiger partial charge on any atom is 0.203 e. The summed E-state index contributed by atoms with van der Waals surface area (Å²) < 4.78 is 9.76. The molecule has 2 heterocycles. The number of Topliss-reactive ketones (excluding diaryl/α,β-unsaturated/α-hetero) is 1. The molecular weight excluding hydrogens is 490 g/mol. The van der Waals surface area contributed by atoms with Gasteiger partial charge in [-0.2, -0.15) is 0 Å². The predicted octanol–water partition coefficient (Wildman–Crippen LogP) is 5.66. The number of ketones is 1. The molecule has 0 spiro atoms. The average Bonchev–Trinajstić information content (AvgIpc) is 3.28. The molecule has 0 atom stereocenters. The van der Waals surface area contributed by atoms with Gasteiger partial charge in [0.2, 0.25) is 5.62 Å². The minimum absolute atomic E-state index is 0. The fourth-order valence-corrected chi connectivity index (χ4v) is 4.73. The van der Waals surface area contributed by atoms with Gasteiger partial charge in [0.25, 0.3) is 0 Å². The standard InChI is InChI=1S/C28H29N3O2.BrH/c1-4-20-14-21(15-22-26(20)33-18-28(22,2)3)25(32)17-31-24-13-9-8-12-23(24)30(27(31)29)16-19-10-6-5-7-11-19;/h5-15,29H,4,16-18H2,1-3H3;1H. The molecular formula is C28H30BrN3O2. The van der Waals surface area contributed by atoms with Crippen LogP contribution < -0.4 is 10.4 Å². The van der Waals surface area contributed by atoms with E-state index in [9.17, 15) is 4.79 Å². The number of carbonyl (C=O) groups is 1. The number of imidazole rings is 1. The molecule has 5 nitrogen and oxygen atoms in total. The Kier molecular flexibility index (Phi) is 6.54. The number of ether oxygens (including phenoxy) is 1. The van der Waals surface area contributed by atoms with E-state index in [2.05, 4.69) is 32.9 Å². The molecule has 34 heavy (non-hydrogen) atoms. The molecule has 0 saturated heterocycles. The Morgan fingerprint density at radius 3 is 2.32 bits per heavy atom. The van der Waals surface area contributed by atoms with Gasteiger partial charge in [-0.3, -0.25) is 10.2 Å². The minimum Gasteiger partial charge on any atom is -0.492 e. The highest BCUT2D eigenvalue weighted by molar-refractivity contribution is 8.93. The minimum atomic E-state index is -0.116. The van der Waals surface area contributed by atoms with Gasteiger partial charge in [0, 0.05) is 16.5 Å². The third kappa shape index (κ3) is 4.11. The van der Waals surface area contributed by atoms with Crippen LogP contribution in [0.1, 0.15) is 47.8 Å². The average molecular weight is 520 g/mol. The van der Waals surface area contributed by atoms with Crippen molar-refractivity contribution in [2.45, 2.75) is 45.7 Å². The number of hydrogen-bond acceptors (Lipinski definition) is 3. The Morgan fingerprint density at radius 1 is 1.00 bits per heavy atom. The molecule has 1 aliphatic heterocycles. The summed E-state index contributed by atoms with van der Waals surface area (Å²) in [7, 11) is 0. The number of aryl methyl sites for hydroxylation is 1. The second-order valence-electron chi connectivity index (χ2n) is 9.43. The van der Waals surface area contributed by atoms with E-state index in [1.165, 1.54) is 0 Å². The van der Waals surface area contributed by atoms with Crippen LogP contribution in [0, 0.1) is 5.41 Å². The largest absolute Gasteiger partial charge is 0.492 e. The second kappa shape index (κ2) is 9.26. The van der Waals surface area contributed by atoms with Crippen molar-refractivity contribution in [3.05, 3.63) is 94.6 Å². The Labute approximate surface area is 210 Å². The summed E-state index contributed by atoms with van der Waals surface area (Å²) in [5.74, 6) is 0.948. The van der Waals surface area contributed by atoms with Gasteiger partial charge in [-0.1, -0.05) is 63.2 Å². The van der Waals surface area contributed by atoms with E-state index < -0.39 is 0 Å². The van der Waals surface area contributed by atoms with E-state index in [0.717, 1.165) is 39.9 Å². The van der Waals surface area contributed by atoms with E-state index >= 15 is 0 Å². The molecule has 1 aromatic heterocycles. The molecule has 0 radical (unpaired) electrons. The van der Waals surface area contributed by atoms with Crippen LogP contribution in [0.15, 0.2) is 66.7 Å². The second-order valence-corrected chi connectivity index (χ2v) is 9.43. The van der Waals surface area contributed by atoms with Crippen molar-refractivity contribution in [3.63, 3.8) is 0 Å². The summed E-state index contributed by atoms with van der Waals surface area (Å²) in [5, 5.41) is 8.90. The molecule has 0 amide bonds. The first-order valence-electron chi connectivity index (χ1n) is 11.5. The van der Waals surface area contributed by atoms with Gasteiger partial charge < -0.3 is 13.9 Å². The van der Waals surface area contributed by atoms with Gasteiger partial charge in [0.05, 0.1) is 30.7 Å². The van der Waals surface area contributed by atoms with Crippen LogP contribution in [-0.4, -0.2) is 21.5 Å². The van der Waals surface area contributed by atoms with Gasteiger partial charge in [-0.25, -0.2) is 0 Å². The van der Waals surface area contributed by atoms with Crippen molar-refractivity contribution >= 4 is 33.8 Å². The van der Waals surface area contributed by atoms with Crippen molar-refractivity contribution in [2.75, 3.05) is 6.61 Å². The first-order chi connectivity index (χ1) is 15.9. The number of fused-ring (bicyclic) bond motifs is 2. The lowest BCUT2D eigenvalue weighted by Crippen LogP contribution is -2.28. The van der Waals surface area contributed by atoms with E-state index in [1.54, 1.807) is 0 Å². The maximum absolute atomic E-state index is 13.5. The molecule has 0 fully saturated rings. The molecule has 6 heteroatoms. The number of hydrogen-bond donors (Lipinski definition) is 1. The molecule has 1 N–H and O–H groups in total. The van der Waals surface area contributed by atoms with Gasteiger partial charge in [0.15, 0.2) is 5.78 Å². The lowest BCUT2D eigenvalue weighted by Gasteiger charge is -2.17. The SMILES string of the molecule is Br.CCc1cc(C(=O)Cn2c(=N)n(Cc3ccccc3)c3ccccc32)cc2c1OCC2(C)C. The van der Waals surface area contributed by atoms with E-state index in [-0.39, 0.29) is 34.7 Å². The summed E-state index contributed by atoms with van der Waals surface area (Å²) in [4.78, 5) is 13.5. The number of para-hydroxylation sites is 2. The summed E-state index contributed by atoms with van der Waals surface area (Å²) >= 11 is 0.